The van der Waals surface area contributed by atoms with Crippen molar-refractivity contribution in [3.05, 3.63) is 70.5 Å². The van der Waals surface area contributed by atoms with E-state index in [0.29, 0.717) is 29.3 Å². The molecule has 0 aliphatic carbocycles. The number of carbonyl (C=O) groups is 1. The van der Waals surface area contributed by atoms with Crippen LogP contribution in [0.2, 0.25) is 0 Å². The monoisotopic (exact) mass is 415 g/mol. The molecule has 0 bridgehead atoms. The zero-order valence-electron chi connectivity index (χ0n) is 14.4. The zero-order chi connectivity index (χ0) is 18.5. The molecular formula is C19H18BrN3O3. The van der Waals surface area contributed by atoms with Crippen molar-refractivity contribution < 1.29 is 14.3 Å². The zero-order valence-corrected chi connectivity index (χ0v) is 16.0. The molecule has 1 aromatic heterocycles. The average molecular weight is 416 g/mol. The Bertz CT molecular complexity index is 907. The first-order chi connectivity index (χ1) is 12.6. The normalized spacial score (nSPS) is 10.4. The minimum absolute atomic E-state index is 0.242. The number of halogens is 1. The van der Waals surface area contributed by atoms with Gasteiger partial charge in [0.05, 0.1) is 32.6 Å². The Morgan fingerprint density at radius 2 is 1.85 bits per heavy atom. The van der Waals surface area contributed by atoms with Crippen molar-refractivity contribution in [2.75, 3.05) is 19.5 Å². The molecule has 1 heterocycles. The molecule has 1 amide bonds. The fourth-order valence-corrected chi connectivity index (χ4v) is 2.74. The van der Waals surface area contributed by atoms with Gasteiger partial charge in [0, 0.05) is 16.2 Å². The number of nitrogens with zero attached hydrogens (tertiary/aromatic N) is 2. The number of nitrogens with one attached hydrogen (secondary N) is 1. The van der Waals surface area contributed by atoms with E-state index in [0.717, 1.165) is 10.0 Å². The number of amides is 1. The lowest BCUT2D eigenvalue weighted by Crippen LogP contribution is -2.11. The number of hydrogen-bond acceptors (Lipinski definition) is 4. The first-order valence-electron chi connectivity index (χ1n) is 7.89. The van der Waals surface area contributed by atoms with Crippen LogP contribution in [0.1, 0.15) is 15.9 Å². The second-order valence-corrected chi connectivity index (χ2v) is 6.49. The van der Waals surface area contributed by atoms with E-state index >= 15 is 0 Å². The SMILES string of the molecule is COc1ccc(C(=O)Nc2cnn(Cc3ccc(Br)cc3)c2)cc1OC. The minimum atomic E-state index is -0.242. The largest absolute Gasteiger partial charge is 0.493 e. The van der Waals surface area contributed by atoms with Crippen molar-refractivity contribution >= 4 is 27.5 Å². The van der Waals surface area contributed by atoms with Gasteiger partial charge in [0.2, 0.25) is 0 Å². The molecule has 2 aromatic carbocycles. The molecule has 134 valence electrons. The molecule has 0 radical (unpaired) electrons. The maximum Gasteiger partial charge on any atom is 0.255 e. The third-order valence-electron chi connectivity index (χ3n) is 3.79. The number of rotatable bonds is 6. The van der Waals surface area contributed by atoms with Gasteiger partial charge in [0.1, 0.15) is 0 Å². The molecule has 0 saturated heterocycles. The van der Waals surface area contributed by atoms with Gasteiger partial charge in [-0.15, -0.1) is 0 Å². The number of benzene rings is 2. The van der Waals surface area contributed by atoms with Crippen LogP contribution in [0.5, 0.6) is 11.5 Å². The molecule has 0 fully saturated rings. The maximum atomic E-state index is 12.4. The van der Waals surface area contributed by atoms with Crippen LogP contribution >= 0.6 is 15.9 Å². The molecule has 0 aliphatic rings. The molecule has 0 aliphatic heterocycles. The highest BCUT2D eigenvalue weighted by molar-refractivity contribution is 9.10. The van der Waals surface area contributed by atoms with Crippen LogP contribution in [0.25, 0.3) is 0 Å². The summed E-state index contributed by atoms with van der Waals surface area (Å²) in [5, 5.41) is 7.12. The predicted octanol–water partition coefficient (Wildman–Crippen LogP) is 3.96. The van der Waals surface area contributed by atoms with Crippen LogP contribution < -0.4 is 14.8 Å². The Hall–Kier alpha value is -2.80. The molecule has 0 spiro atoms. The lowest BCUT2D eigenvalue weighted by Gasteiger charge is -2.09. The van der Waals surface area contributed by atoms with E-state index in [1.807, 2.05) is 24.3 Å². The van der Waals surface area contributed by atoms with Crippen molar-refractivity contribution in [3.63, 3.8) is 0 Å². The van der Waals surface area contributed by atoms with E-state index in [-0.39, 0.29) is 5.91 Å². The number of hydrogen-bond donors (Lipinski definition) is 1. The molecule has 0 atom stereocenters. The minimum Gasteiger partial charge on any atom is -0.493 e. The predicted molar refractivity (Wildman–Crippen MR) is 103 cm³/mol. The van der Waals surface area contributed by atoms with E-state index in [9.17, 15) is 4.79 Å². The van der Waals surface area contributed by atoms with E-state index < -0.39 is 0 Å². The van der Waals surface area contributed by atoms with Gasteiger partial charge >= 0.3 is 0 Å². The van der Waals surface area contributed by atoms with E-state index in [4.69, 9.17) is 9.47 Å². The Morgan fingerprint density at radius 3 is 2.54 bits per heavy atom. The molecule has 0 saturated carbocycles. The van der Waals surface area contributed by atoms with Gasteiger partial charge < -0.3 is 14.8 Å². The topological polar surface area (TPSA) is 65.4 Å². The van der Waals surface area contributed by atoms with Gasteiger partial charge in [0.15, 0.2) is 11.5 Å². The molecule has 3 aromatic rings. The molecule has 26 heavy (non-hydrogen) atoms. The number of anilines is 1. The van der Waals surface area contributed by atoms with Crippen LogP contribution in [-0.2, 0) is 6.54 Å². The second-order valence-electron chi connectivity index (χ2n) is 5.58. The summed E-state index contributed by atoms with van der Waals surface area (Å²) in [7, 11) is 3.09. The summed E-state index contributed by atoms with van der Waals surface area (Å²) in [6, 6.07) is 13.0. The Kier molecular flexibility index (Phi) is 5.58. The highest BCUT2D eigenvalue weighted by Crippen LogP contribution is 2.27. The highest BCUT2D eigenvalue weighted by Gasteiger charge is 2.12. The first-order valence-corrected chi connectivity index (χ1v) is 8.68. The smallest absolute Gasteiger partial charge is 0.255 e. The molecule has 3 rings (SSSR count). The number of aromatic nitrogens is 2. The van der Waals surface area contributed by atoms with Crippen LogP contribution in [-0.4, -0.2) is 29.9 Å². The van der Waals surface area contributed by atoms with Crippen molar-refractivity contribution in [2.24, 2.45) is 0 Å². The van der Waals surface area contributed by atoms with Crippen LogP contribution in [0.4, 0.5) is 5.69 Å². The quantitative estimate of drug-likeness (QED) is 0.661. The fraction of sp³-hybridized carbons (Fsp3) is 0.158. The Morgan fingerprint density at radius 1 is 1.12 bits per heavy atom. The summed E-state index contributed by atoms with van der Waals surface area (Å²) in [5.74, 6) is 0.839. The highest BCUT2D eigenvalue weighted by atomic mass is 79.9. The summed E-state index contributed by atoms with van der Waals surface area (Å²) in [6.45, 7) is 0.625. The third-order valence-corrected chi connectivity index (χ3v) is 4.32. The lowest BCUT2D eigenvalue weighted by atomic mass is 10.2. The van der Waals surface area contributed by atoms with E-state index in [2.05, 4.69) is 26.3 Å². The van der Waals surface area contributed by atoms with Gasteiger partial charge in [-0.05, 0) is 35.9 Å². The van der Waals surface area contributed by atoms with Crippen LogP contribution in [0.15, 0.2) is 59.3 Å². The first kappa shape index (κ1) is 18.0. The molecule has 0 unspecified atom stereocenters. The average Bonchev–Trinajstić information content (AvgIpc) is 3.09. The summed E-state index contributed by atoms with van der Waals surface area (Å²) in [5.41, 5.74) is 2.22. The van der Waals surface area contributed by atoms with Crippen LogP contribution in [0, 0.1) is 0 Å². The van der Waals surface area contributed by atoms with Crippen molar-refractivity contribution in [2.45, 2.75) is 6.54 Å². The lowest BCUT2D eigenvalue weighted by molar-refractivity contribution is 0.102. The summed E-state index contributed by atoms with van der Waals surface area (Å²) in [6.07, 6.45) is 3.41. The van der Waals surface area contributed by atoms with E-state index in [1.54, 1.807) is 42.4 Å². The van der Waals surface area contributed by atoms with Crippen molar-refractivity contribution in [3.8, 4) is 11.5 Å². The van der Waals surface area contributed by atoms with E-state index in [1.165, 1.54) is 7.11 Å². The second kappa shape index (κ2) is 8.05. The summed E-state index contributed by atoms with van der Waals surface area (Å²) < 4.78 is 13.2. The van der Waals surface area contributed by atoms with Crippen molar-refractivity contribution in [1.82, 2.24) is 9.78 Å². The fourth-order valence-electron chi connectivity index (χ4n) is 2.47. The molecule has 7 heteroatoms. The van der Waals surface area contributed by atoms with Crippen molar-refractivity contribution in [1.29, 1.82) is 0 Å². The summed E-state index contributed by atoms with van der Waals surface area (Å²) in [4.78, 5) is 12.4. The summed E-state index contributed by atoms with van der Waals surface area (Å²) >= 11 is 3.42. The standard InChI is InChI=1S/C19H18BrN3O3/c1-25-17-8-5-14(9-18(17)26-2)19(24)22-16-10-21-23(12-16)11-13-3-6-15(20)7-4-13/h3-10,12H,11H2,1-2H3,(H,22,24). The number of ether oxygens (including phenoxy) is 2. The maximum absolute atomic E-state index is 12.4. The Balaban J connectivity index is 1.68. The van der Waals surface area contributed by atoms with Crippen LogP contribution in [0.3, 0.4) is 0 Å². The third kappa shape index (κ3) is 4.23. The van der Waals surface area contributed by atoms with Gasteiger partial charge in [-0.25, -0.2) is 0 Å². The van der Waals surface area contributed by atoms with Gasteiger partial charge in [-0.3, -0.25) is 9.48 Å². The molecule has 1 N–H and O–H groups in total. The van der Waals surface area contributed by atoms with Gasteiger partial charge in [0.25, 0.3) is 5.91 Å². The Labute approximate surface area is 159 Å². The molecular weight excluding hydrogens is 398 g/mol. The van der Waals surface area contributed by atoms with Gasteiger partial charge in [-0.2, -0.15) is 5.10 Å². The number of methoxy groups -OCH3 is 2. The number of carbonyl (C=O) groups excluding carboxylic acids is 1. The van der Waals surface area contributed by atoms with Gasteiger partial charge in [-0.1, -0.05) is 28.1 Å². The molecule has 6 nitrogen and oxygen atoms in total.